The van der Waals surface area contributed by atoms with E-state index in [0.717, 1.165) is 41.3 Å². The molecule has 0 atom stereocenters. The van der Waals surface area contributed by atoms with E-state index < -0.39 is 0 Å². The first-order valence-corrected chi connectivity index (χ1v) is 10.1. The highest BCUT2D eigenvalue weighted by molar-refractivity contribution is 7.09. The van der Waals surface area contributed by atoms with Crippen LogP contribution in [-0.4, -0.2) is 28.2 Å². The number of nitrogens with zero attached hydrogens (tertiary/aromatic N) is 3. The van der Waals surface area contributed by atoms with E-state index in [1.165, 1.54) is 0 Å². The molecule has 3 rings (SSSR count). The first-order chi connectivity index (χ1) is 13.2. The maximum Gasteiger partial charge on any atom is 0.253 e. The van der Waals surface area contributed by atoms with Gasteiger partial charge in [-0.2, -0.15) is 0 Å². The highest BCUT2D eigenvalue weighted by atomic mass is 32.1. The summed E-state index contributed by atoms with van der Waals surface area (Å²) in [7, 11) is 0. The maximum absolute atomic E-state index is 12.6. The summed E-state index contributed by atoms with van der Waals surface area (Å²) in [5.41, 5.74) is 2.14. The third-order valence-corrected chi connectivity index (χ3v) is 5.29. The number of hydrogen-bond acceptors (Lipinski definition) is 4. The quantitative estimate of drug-likeness (QED) is 0.573. The molecule has 27 heavy (non-hydrogen) atoms. The predicted molar refractivity (Wildman–Crippen MR) is 108 cm³/mol. The van der Waals surface area contributed by atoms with Crippen molar-refractivity contribution < 1.29 is 9.59 Å². The molecule has 1 N–H and O–H groups in total. The normalized spacial score (nSPS) is 10.9. The lowest BCUT2D eigenvalue weighted by Gasteiger charge is -2.18. The molecule has 3 aromatic heterocycles. The monoisotopic (exact) mass is 384 g/mol. The van der Waals surface area contributed by atoms with Crippen molar-refractivity contribution in [3.8, 4) is 0 Å². The van der Waals surface area contributed by atoms with Gasteiger partial charge in [-0.25, -0.2) is 4.98 Å². The molecule has 0 spiro atoms. The largest absolute Gasteiger partial charge is 0.347 e. The molecule has 142 valence electrons. The molecule has 0 saturated carbocycles. The zero-order chi connectivity index (χ0) is 19.2. The van der Waals surface area contributed by atoms with Gasteiger partial charge in [-0.3, -0.25) is 18.9 Å². The number of imidazole rings is 1. The average Bonchev–Trinajstić information content (AvgIpc) is 3.34. The lowest BCUT2D eigenvalue weighted by Crippen LogP contribution is -2.25. The second-order valence-corrected chi connectivity index (χ2v) is 7.33. The van der Waals surface area contributed by atoms with Gasteiger partial charge < -0.3 is 5.32 Å². The second kappa shape index (κ2) is 8.81. The van der Waals surface area contributed by atoms with E-state index >= 15 is 0 Å². The van der Waals surface area contributed by atoms with Crippen LogP contribution in [0.1, 0.15) is 47.6 Å². The van der Waals surface area contributed by atoms with Gasteiger partial charge in [-0.1, -0.05) is 26.3 Å². The molecule has 0 aliphatic rings. The highest BCUT2D eigenvalue weighted by Crippen LogP contribution is 2.23. The molecule has 0 fully saturated rings. The van der Waals surface area contributed by atoms with Crippen LogP contribution in [-0.2, 0) is 17.8 Å². The molecule has 0 bridgehead atoms. The van der Waals surface area contributed by atoms with Crippen LogP contribution in [0.5, 0.6) is 0 Å². The van der Waals surface area contributed by atoms with E-state index in [1.54, 1.807) is 28.5 Å². The van der Waals surface area contributed by atoms with Crippen molar-refractivity contribution in [3.05, 3.63) is 52.0 Å². The Morgan fingerprint density at radius 1 is 1.33 bits per heavy atom. The number of carbonyl (C=O) groups excluding carboxylic acids is 2. The van der Waals surface area contributed by atoms with Gasteiger partial charge in [0.1, 0.15) is 11.5 Å². The van der Waals surface area contributed by atoms with Crippen LogP contribution in [0.25, 0.3) is 5.65 Å². The molecule has 0 radical (unpaired) electrons. The summed E-state index contributed by atoms with van der Waals surface area (Å²) in [4.78, 5) is 31.7. The molecule has 3 aromatic rings. The summed E-state index contributed by atoms with van der Waals surface area (Å²) in [6.45, 7) is 5.25. The van der Waals surface area contributed by atoms with Gasteiger partial charge in [0.2, 0.25) is 6.41 Å². The third-order valence-electron chi connectivity index (χ3n) is 4.41. The standard InChI is InChI=1S/C20H24N4O2S/c1-3-5-10-23(14-25)20-17(4-2)22-18-9-8-15(13-24(18)20)19(26)21-12-16-7-6-11-27-16/h6-9,11,13-14H,3-5,10,12H2,1-2H3,(H,21,26). The molecule has 2 amide bonds. The number of pyridine rings is 1. The van der Waals surface area contributed by atoms with Crippen LogP contribution in [0, 0.1) is 0 Å². The lowest BCUT2D eigenvalue weighted by molar-refractivity contribution is -0.107. The summed E-state index contributed by atoms with van der Waals surface area (Å²) in [5.74, 6) is 0.609. The molecule has 7 heteroatoms. The molecule has 0 saturated heterocycles. The topological polar surface area (TPSA) is 66.7 Å². The van der Waals surface area contributed by atoms with E-state index in [1.807, 2.05) is 34.9 Å². The molecule has 0 unspecified atom stereocenters. The van der Waals surface area contributed by atoms with E-state index in [4.69, 9.17) is 0 Å². The van der Waals surface area contributed by atoms with Crippen molar-refractivity contribution in [1.82, 2.24) is 14.7 Å². The Morgan fingerprint density at radius 3 is 2.85 bits per heavy atom. The van der Waals surface area contributed by atoms with Gasteiger partial charge in [-0.05, 0) is 36.4 Å². The maximum atomic E-state index is 12.6. The zero-order valence-corrected chi connectivity index (χ0v) is 16.5. The van der Waals surface area contributed by atoms with Crippen LogP contribution in [0.3, 0.4) is 0 Å². The van der Waals surface area contributed by atoms with Crippen molar-refractivity contribution in [2.75, 3.05) is 11.4 Å². The second-order valence-electron chi connectivity index (χ2n) is 6.30. The van der Waals surface area contributed by atoms with Crippen molar-refractivity contribution >= 4 is 35.1 Å². The van der Waals surface area contributed by atoms with Crippen LogP contribution >= 0.6 is 11.3 Å². The van der Waals surface area contributed by atoms with Gasteiger partial charge in [0, 0.05) is 17.6 Å². The summed E-state index contributed by atoms with van der Waals surface area (Å²) in [6, 6.07) is 7.55. The number of thiophene rings is 1. The van der Waals surface area contributed by atoms with Gasteiger partial charge in [-0.15, -0.1) is 11.3 Å². The first-order valence-electron chi connectivity index (χ1n) is 9.21. The Balaban J connectivity index is 1.91. The Kier molecular flexibility index (Phi) is 6.24. The van der Waals surface area contributed by atoms with Gasteiger partial charge in [0.25, 0.3) is 5.91 Å². The zero-order valence-electron chi connectivity index (χ0n) is 15.6. The summed E-state index contributed by atoms with van der Waals surface area (Å²) in [5, 5.41) is 4.93. The fourth-order valence-corrected chi connectivity index (χ4v) is 3.62. The Morgan fingerprint density at radius 2 is 2.19 bits per heavy atom. The van der Waals surface area contributed by atoms with Gasteiger partial charge in [0.15, 0.2) is 0 Å². The minimum Gasteiger partial charge on any atom is -0.347 e. The summed E-state index contributed by atoms with van der Waals surface area (Å²) >= 11 is 1.61. The number of unbranched alkanes of at least 4 members (excludes halogenated alkanes) is 1. The van der Waals surface area contributed by atoms with E-state index in [9.17, 15) is 9.59 Å². The fraction of sp³-hybridized carbons (Fsp3) is 0.350. The summed E-state index contributed by atoms with van der Waals surface area (Å²) < 4.78 is 1.85. The smallest absolute Gasteiger partial charge is 0.253 e. The number of amides is 2. The van der Waals surface area contributed by atoms with Crippen LogP contribution in [0.4, 0.5) is 5.82 Å². The third kappa shape index (κ3) is 4.19. The van der Waals surface area contributed by atoms with E-state index in [0.29, 0.717) is 25.1 Å². The molecular formula is C20H24N4O2S. The van der Waals surface area contributed by atoms with Gasteiger partial charge in [0.05, 0.1) is 17.8 Å². The van der Waals surface area contributed by atoms with Gasteiger partial charge >= 0.3 is 0 Å². The van der Waals surface area contributed by atoms with Crippen molar-refractivity contribution in [1.29, 1.82) is 0 Å². The minimum atomic E-state index is -0.144. The number of aryl methyl sites for hydroxylation is 1. The van der Waals surface area contributed by atoms with Crippen LogP contribution in [0.2, 0.25) is 0 Å². The fourth-order valence-electron chi connectivity index (χ4n) is 2.98. The molecule has 0 aliphatic heterocycles. The number of aromatic nitrogens is 2. The number of hydrogen-bond donors (Lipinski definition) is 1. The Hall–Kier alpha value is -2.67. The lowest BCUT2D eigenvalue weighted by atomic mass is 10.2. The number of fused-ring (bicyclic) bond motifs is 1. The van der Waals surface area contributed by atoms with Crippen molar-refractivity contribution in [2.45, 2.75) is 39.7 Å². The van der Waals surface area contributed by atoms with E-state index in [2.05, 4.69) is 17.2 Å². The number of carbonyl (C=O) groups is 2. The molecule has 3 heterocycles. The minimum absolute atomic E-state index is 0.144. The molecule has 0 aliphatic carbocycles. The first kappa shape index (κ1) is 19.1. The SMILES string of the molecule is CCCCN(C=O)c1c(CC)nc2ccc(C(=O)NCc3cccs3)cn12. The summed E-state index contributed by atoms with van der Waals surface area (Å²) in [6.07, 6.45) is 5.24. The highest BCUT2D eigenvalue weighted by Gasteiger charge is 2.18. The Labute approximate surface area is 162 Å². The molecule has 0 aromatic carbocycles. The van der Waals surface area contributed by atoms with Crippen LogP contribution in [0.15, 0.2) is 35.8 Å². The molecule has 6 nitrogen and oxygen atoms in total. The molecular weight excluding hydrogens is 360 g/mol. The van der Waals surface area contributed by atoms with Crippen LogP contribution < -0.4 is 10.2 Å². The van der Waals surface area contributed by atoms with Crippen molar-refractivity contribution in [3.63, 3.8) is 0 Å². The number of rotatable bonds is 9. The number of anilines is 1. The predicted octanol–water partition coefficient (Wildman–Crippen LogP) is 3.65. The number of nitrogens with one attached hydrogen (secondary N) is 1. The Bertz CT molecular complexity index is 918. The average molecular weight is 385 g/mol. The van der Waals surface area contributed by atoms with E-state index in [-0.39, 0.29) is 5.91 Å². The van der Waals surface area contributed by atoms with Crippen molar-refractivity contribution in [2.24, 2.45) is 0 Å².